The first-order chi connectivity index (χ1) is 16.7. The molecule has 2 atom stereocenters. The van der Waals surface area contributed by atoms with E-state index in [1.165, 1.54) is 30.0 Å². The van der Waals surface area contributed by atoms with Crippen molar-refractivity contribution in [2.75, 3.05) is 22.6 Å². The van der Waals surface area contributed by atoms with Gasteiger partial charge in [-0.1, -0.05) is 30.3 Å². The Labute approximate surface area is 208 Å². The van der Waals surface area contributed by atoms with Gasteiger partial charge in [-0.2, -0.15) is 11.8 Å². The molecule has 1 heterocycles. The molecule has 5 N–H and O–H groups in total. The molecule has 10 nitrogen and oxygen atoms in total. The fourth-order valence-corrected chi connectivity index (χ4v) is 5.03. The lowest BCUT2D eigenvalue weighted by Gasteiger charge is -2.18. The standard InChI is InChI=1S/C23H28N4O6S2/c1-34-12-11-19(23(30)31)25-22(29)17-8-7-16(13-18(17)15-5-3-2-4-6-15)27-35(32,33)14-24-20-9-10-21(28)26-20/h2-8,13,19-20,24,27H,9-12,14H2,1H3,(H,25,29)(H,26,28)(H,30,31)/t19-,20+/m0/s1. The molecule has 0 aromatic heterocycles. The van der Waals surface area contributed by atoms with Gasteiger partial charge in [0.15, 0.2) is 0 Å². The molecule has 1 aliphatic rings. The Morgan fingerprint density at radius 3 is 2.57 bits per heavy atom. The maximum atomic E-state index is 13.0. The van der Waals surface area contributed by atoms with E-state index in [4.69, 9.17) is 0 Å². The molecule has 2 amide bonds. The molecule has 1 aliphatic heterocycles. The molecule has 3 rings (SSSR count). The topological polar surface area (TPSA) is 154 Å². The first kappa shape index (κ1) is 26.5. The highest BCUT2D eigenvalue weighted by Crippen LogP contribution is 2.28. The molecule has 0 unspecified atom stereocenters. The van der Waals surface area contributed by atoms with Crippen molar-refractivity contribution in [3.63, 3.8) is 0 Å². The van der Waals surface area contributed by atoms with E-state index in [2.05, 4.69) is 20.7 Å². The quantitative estimate of drug-likeness (QED) is 0.284. The van der Waals surface area contributed by atoms with Gasteiger partial charge in [0.1, 0.15) is 11.9 Å². The maximum absolute atomic E-state index is 13.0. The lowest BCUT2D eigenvalue weighted by Crippen LogP contribution is -2.42. The van der Waals surface area contributed by atoms with Gasteiger partial charge >= 0.3 is 5.97 Å². The van der Waals surface area contributed by atoms with E-state index < -0.39 is 40.0 Å². The third-order valence-corrected chi connectivity index (χ3v) is 7.09. The first-order valence-electron chi connectivity index (χ1n) is 10.9. The number of carbonyl (C=O) groups excluding carboxylic acids is 2. The molecule has 1 fully saturated rings. The molecule has 188 valence electrons. The molecule has 2 aromatic rings. The van der Waals surface area contributed by atoms with E-state index in [1.54, 1.807) is 24.3 Å². The Hall–Kier alpha value is -3.09. The van der Waals surface area contributed by atoms with Gasteiger partial charge in [-0.05, 0) is 54.2 Å². The van der Waals surface area contributed by atoms with Crippen molar-refractivity contribution in [1.82, 2.24) is 16.0 Å². The van der Waals surface area contributed by atoms with Gasteiger partial charge in [-0.3, -0.25) is 19.6 Å². The number of hydrogen-bond donors (Lipinski definition) is 5. The number of rotatable bonds is 12. The summed E-state index contributed by atoms with van der Waals surface area (Å²) in [6, 6.07) is 12.3. The first-order valence-corrected chi connectivity index (χ1v) is 14.0. The van der Waals surface area contributed by atoms with Gasteiger partial charge in [-0.25, -0.2) is 13.2 Å². The number of nitrogens with one attached hydrogen (secondary N) is 4. The van der Waals surface area contributed by atoms with Crippen molar-refractivity contribution in [3.8, 4) is 11.1 Å². The summed E-state index contributed by atoms with van der Waals surface area (Å²) in [7, 11) is -3.81. The van der Waals surface area contributed by atoms with Crippen LogP contribution in [0.5, 0.6) is 0 Å². The second kappa shape index (κ2) is 12.0. The lowest BCUT2D eigenvalue weighted by molar-refractivity contribution is -0.139. The highest BCUT2D eigenvalue weighted by atomic mass is 32.2. The Balaban J connectivity index is 1.82. The third-order valence-electron chi connectivity index (χ3n) is 5.35. The Bertz CT molecular complexity index is 1170. The van der Waals surface area contributed by atoms with Crippen LogP contribution in [0.25, 0.3) is 11.1 Å². The van der Waals surface area contributed by atoms with Gasteiger partial charge in [0.25, 0.3) is 5.91 Å². The van der Waals surface area contributed by atoms with Crippen molar-refractivity contribution in [2.24, 2.45) is 0 Å². The molecule has 0 aliphatic carbocycles. The van der Waals surface area contributed by atoms with Crippen molar-refractivity contribution < 1.29 is 27.9 Å². The van der Waals surface area contributed by atoms with Crippen LogP contribution in [0.4, 0.5) is 5.69 Å². The van der Waals surface area contributed by atoms with Gasteiger partial charge in [0.2, 0.25) is 15.9 Å². The largest absolute Gasteiger partial charge is 0.480 e. The highest BCUT2D eigenvalue weighted by Gasteiger charge is 2.24. The summed E-state index contributed by atoms with van der Waals surface area (Å²) in [4.78, 5) is 35.9. The monoisotopic (exact) mass is 520 g/mol. The van der Waals surface area contributed by atoms with Crippen molar-refractivity contribution in [2.45, 2.75) is 31.5 Å². The number of aliphatic carboxylic acids is 1. The van der Waals surface area contributed by atoms with Gasteiger partial charge in [0.05, 0.1) is 6.17 Å². The smallest absolute Gasteiger partial charge is 0.326 e. The van der Waals surface area contributed by atoms with Crippen LogP contribution in [-0.4, -0.2) is 61.4 Å². The number of hydrogen-bond acceptors (Lipinski definition) is 7. The molecule has 0 radical (unpaired) electrons. The zero-order valence-corrected chi connectivity index (χ0v) is 20.7. The van der Waals surface area contributed by atoms with Crippen LogP contribution >= 0.6 is 11.8 Å². The minimum atomic E-state index is -3.81. The van der Waals surface area contributed by atoms with E-state index in [-0.39, 0.29) is 23.6 Å². The number of carboxylic acid groups (broad SMARTS) is 1. The molecule has 1 saturated heterocycles. The van der Waals surface area contributed by atoms with E-state index in [0.717, 1.165) is 0 Å². The van der Waals surface area contributed by atoms with Crippen molar-refractivity contribution in [1.29, 1.82) is 0 Å². The fourth-order valence-electron chi connectivity index (χ4n) is 3.58. The van der Waals surface area contributed by atoms with Gasteiger partial charge in [-0.15, -0.1) is 0 Å². The van der Waals surface area contributed by atoms with Gasteiger partial charge in [0, 0.05) is 17.7 Å². The Morgan fingerprint density at radius 1 is 1.20 bits per heavy atom. The minimum absolute atomic E-state index is 0.132. The van der Waals surface area contributed by atoms with Gasteiger partial charge < -0.3 is 15.7 Å². The van der Waals surface area contributed by atoms with Crippen molar-refractivity contribution in [3.05, 3.63) is 54.1 Å². The van der Waals surface area contributed by atoms with Crippen LogP contribution in [0.3, 0.4) is 0 Å². The summed E-state index contributed by atoms with van der Waals surface area (Å²) in [5.74, 6) is -1.65. The second-order valence-electron chi connectivity index (χ2n) is 8.00. The lowest BCUT2D eigenvalue weighted by atomic mass is 9.98. The molecule has 0 saturated carbocycles. The Kier molecular flexibility index (Phi) is 9.13. The molecule has 12 heteroatoms. The summed E-state index contributed by atoms with van der Waals surface area (Å²) in [6.07, 6.45) is 2.57. The average Bonchev–Trinajstić information content (AvgIpc) is 3.25. The summed E-state index contributed by atoms with van der Waals surface area (Å²) >= 11 is 1.48. The van der Waals surface area contributed by atoms with Crippen LogP contribution in [0.2, 0.25) is 0 Å². The summed E-state index contributed by atoms with van der Waals surface area (Å²) in [6.45, 7) is 0. The number of carboxylic acids is 1. The minimum Gasteiger partial charge on any atom is -0.480 e. The Morgan fingerprint density at radius 2 is 1.94 bits per heavy atom. The summed E-state index contributed by atoms with van der Waals surface area (Å²) < 4.78 is 27.7. The van der Waals surface area contributed by atoms with E-state index >= 15 is 0 Å². The molecular formula is C23H28N4O6S2. The summed E-state index contributed by atoms with van der Waals surface area (Å²) in [5.41, 5.74) is 1.59. The molecule has 35 heavy (non-hydrogen) atoms. The SMILES string of the molecule is CSCC[C@H](NC(=O)c1ccc(NS(=O)(=O)CN[C@H]2CCC(=O)N2)cc1-c1ccccc1)C(=O)O. The fraction of sp³-hybridized carbons (Fsp3) is 0.348. The van der Waals surface area contributed by atoms with Crippen molar-refractivity contribution >= 4 is 45.3 Å². The molecule has 0 spiro atoms. The van der Waals surface area contributed by atoms with Crippen LogP contribution < -0.4 is 20.7 Å². The van der Waals surface area contributed by atoms with Crippen LogP contribution in [0, 0.1) is 0 Å². The van der Waals surface area contributed by atoms with E-state index in [0.29, 0.717) is 29.7 Å². The second-order valence-corrected chi connectivity index (χ2v) is 10.7. The van der Waals surface area contributed by atoms with Crippen LogP contribution in [0.1, 0.15) is 29.6 Å². The predicted octanol–water partition coefficient (Wildman–Crippen LogP) is 1.81. The van der Waals surface area contributed by atoms with Crippen LogP contribution in [-0.2, 0) is 19.6 Å². The predicted molar refractivity (Wildman–Crippen MR) is 135 cm³/mol. The number of amides is 2. The summed E-state index contributed by atoms with van der Waals surface area (Å²) in [5, 5.41) is 17.5. The van der Waals surface area contributed by atoms with E-state index in [9.17, 15) is 27.9 Å². The number of benzene rings is 2. The highest BCUT2D eigenvalue weighted by molar-refractivity contribution is 7.98. The van der Waals surface area contributed by atoms with Crippen LogP contribution in [0.15, 0.2) is 48.5 Å². The average molecular weight is 521 g/mol. The third kappa shape index (κ3) is 7.70. The van der Waals surface area contributed by atoms with E-state index in [1.807, 2.05) is 12.3 Å². The number of thioether (sulfide) groups is 1. The molecular weight excluding hydrogens is 492 g/mol. The zero-order valence-electron chi connectivity index (χ0n) is 19.1. The molecule has 0 bridgehead atoms. The number of anilines is 1. The maximum Gasteiger partial charge on any atom is 0.326 e. The normalized spacial score (nSPS) is 16.4. The number of sulfonamides is 1. The molecule has 2 aromatic carbocycles. The number of carbonyl (C=O) groups is 3. The zero-order chi connectivity index (χ0) is 25.4.